The van der Waals surface area contributed by atoms with Gasteiger partial charge in [0.05, 0.1) is 12.0 Å². The van der Waals surface area contributed by atoms with Crippen LogP contribution in [0.4, 0.5) is 4.79 Å². The molecule has 1 aromatic heterocycles. The van der Waals surface area contributed by atoms with Crippen LogP contribution in [0, 0.1) is 10.8 Å². The molecule has 1 amide bonds. The van der Waals surface area contributed by atoms with E-state index in [0.29, 0.717) is 38.1 Å². The van der Waals surface area contributed by atoms with Crippen molar-refractivity contribution in [3.05, 3.63) is 44.8 Å². The molecule has 1 aliphatic rings. The highest BCUT2D eigenvalue weighted by Gasteiger charge is 2.31. The van der Waals surface area contributed by atoms with Crippen molar-refractivity contribution in [3.63, 3.8) is 0 Å². The highest BCUT2D eigenvalue weighted by molar-refractivity contribution is 9.10. The Labute approximate surface area is 240 Å². The number of amides is 1. The van der Waals surface area contributed by atoms with E-state index in [2.05, 4.69) is 27.8 Å². The summed E-state index contributed by atoms with van der Waals surface area (Å²) in [6.45, 7) is 20.3. The number of rotatable bonds is 6. The van der Waals surface area contributed by atoms with Crippen LogP contribution >= 0.6 is 15.9 Å². The van der Waals surface area contributed by atoms with Gasteiger partial charge in [-0.2, -0.15) is 0 Å². The number of hydrogen-bond acceptors (Lipinski definition) is 6. The molecular weight excluding hydrogens is 562 g/mol. The summed E-state index contributed by atoms with van der Waals surface area (Å²) in [6, 6.07) is 5.85. The van der Waals surface area contributed by atoms with E-state index in [0.717, 1.165) is 15.4 Å². The lowest BCUT2D eigenvalue weighted by Gasteiger charge is -2.40. The first-order chi connectivity index (χ1) is 17.9. The Morgan fingerprint density at radius 1 is 1.03 bits per heavy atom. The third-order valence-electron chi connectivity index (χ3n) is 6.73. The zero-order chi connectivity index (χ0) is 29.3. The Balaban J connectivity index is 1.85. The van der Waals surface area contributed by atoms with E-state index >= 15 is 0 Å². The van der Waals surface area contributed by atoms with Crippen LogP contribution in [0.5, 0.6) is 0 Å². The quantitative estimate of drug-likeness (QED) is 0.386. The lowest BCUT2D eigenvalue weighted by atomic mass is 9.93. The van der Waals surface area contributed by atoms with Crippen molar-refractivity contribution in [3.8, 4) is 0 Å². The van der Waals surface area contributed by atoms with Crippen molar-refractivity contribution in [2.24, 2.45) is 10.8 Å². The van der Waals surface area contributed by atoms with Gasteiger partial charge in [0.25, 0.3) is 5.56 Å². The maximum atomic E-state index is 13.5. The van der Waals surface area contributed by atoms with Crippen molar-refractivity contribution in [2.45, 2.75) is 87.0 Å². The number of benzene rings is 1. The molecule has 2 heterocycles. The van der Waals surface area contributed by atoms with E-state index in [4.69, 9.17) is 9.47 Å². The first-order valence-electron chi connectivity index (χ1n) is 13.6. The zero-order valence-electron chi connectivity index (χ0n) is 24.9. The highest BCUT2D eigenvalue weighted by Crippen LogP contribution is 2.27. The van der Waals surface area contributed by atoms with E-state index in [9.17, 15) is 14.4 Å². The molecule has 0 saturated carbocycles. The molecule has 216 valence electrons. The Morgan fingerprint density at radius 3 is 2.28 bits per heavy atom. The molecule has 9 heteroatoms. The molecule has 1 aliphatic heterocycles. The van der Waals surface area contributed by atoms with Gasteiger partial charge in [-0.1, -0.05) is 29.8 Å². The summed E-state index contributed by atoms with van der Waals surface area (Å²) >= 11 is 3.56. The van der Waals surface area contributed by atoms with Gasteiger partial charge in [-0.15, -0.1) is 0 Å². The average molecular weight is 607 g/mol. The minimum atomic E-state index is -0.583. The van der Waals surface area contributed by atoms with Crippen LogP contribution in [-0.4, -0.2) is 64.3 Å². The van der Waals surface area contributed by atoms with Crippen LogP contribution in [0.2, 0.25) is 0 Å². The fraction of sp³-hybridized carbons (Fsp3) is 0.633. The van der Waals surface area contributed by atoms with Crippen LogP contribution in [0.3, 0.4) is 0 Å². The number of carbonyl (C=O) groups is 2. The molecule has 39 heavy (non-hydrogen) atoms. The number of nitrogens with zero attached hydrogens (tertiary/aromatic N) is 3. The van der Waals surface area contributed by atoms with Crippen molar-refractivity contribution in [1.82, 2.24) is 14.4 Å². The van der Waals surface area contributed by atoms with Gasteiger partial charge in [-0.25, -0.2) is 4.79 Å². The molecule has 8 nitrogen and oxygen atoms in total. The molecule has 1 aromatic carbocycles. The normalized spacial score (nSPS) is 17.4. The van der Waals surface area contributed by atoms with Crippen molar-refractivity contribution in [2.75, 3.05) is 26.2 Å². The van der Waals surface area contributed by atoms with Crippen LogP contribution in [0.1, 0.15) is 67.9 Å². The first-order valence-corrected chi connectivity index (χ1v) is 14.4. The number of hydrogen-bond donors (Lipinski definition) is 0. The van der Waals surface area contributed by atoms with Gasteiger partial charge in [0.15, 0.2) is 0 Å². The van der Waals surface area contributed by atoms with Crippen LogP contribution in [0.15, 0.2) is 33.7 Å². The summed E-state index contributed by atoms with van der Waals surface area (Å²) in [7, 11) is 0. The summed E-state index contributed by atoms with van der Waals surface area (Å²) < 4.78 is 13.8. The Hall–Kier alpha value is -2.39. The first kappa shape index (κ1) is 31.1. The summed E-state index contributed by atoms with van der Waals surface area (Å²) in [5, 5.41) is 1.56. The second-order valence-electron chi connectivity index (χ2n) is 13.5. The van der Waals surface area contributed by atoms with E-state index < -0.39 is 16.4 Å². The molecule has 3 rings (SSSR count). The lowest BCUT2D eigenvalue weighted by Crippen LogP contribution is -2.54. The molecule has 0 N–H and O–H groups in total. The number of ether oxygens (including phenoxy) is 2. The number of halogens is 1. The molecule has 0 aliphatic carbocycles. The smallest absolute Gasteiger partial charge is 0.410 e. The monoisotopic (exact) mass is 605 g/mol. The number of carbonyl (C=O) groups excluding carboxylic acids is 2. The van der Waals surface area contributed by atoms with Crippen LogP contribution in [-0.2, 0) is 27.4 Å². The van der Waals surface area contributed by atoms with Crippen molar-refractivity contribution in [1.29, 1.82) is 0 Å². The number of piperazine rings is 1. The predicted octanol–water partition coefficient (Wildman–Crippen LogP) is 5.82. The molecule has 0 radical (unpaired) electrons. The fourth-order valence-corrected chi connectivity index (χ4v) is 4.97. The summed E-state index contributed by atoms with van der Waals surface area (Å²) in [5.41, 5.74) is -0.598. The van der Waals surface area contributed by atoms with Crippen molar-refractivity contribution < 1.29 is 19.1 Å². The van der Waals surface area contributed by atoms with E-state index in [1.165, 1.54) is 0 Å². The maximum Gasteiger partial charge on any atom is 0.410 e. The second kappa shape index (κ2) is 11.6. The van der Waals surface area contributed by atoms with Crippen LogP contribution < -0.4 is 5.56 Å². The lowest BCUT2D eigenvalue weighted by molar-refractivity contribution is -0.156. The molecule has 2 aromatic rings. The molecule has 1 fully saturated rings. The third kappa shape index (κ3) is 8.30. The molecule has 0 spiro atoms. The van der Waals surface area contributed by atoms with E-state index in [1.54, 1.807) is 9.47 Å². The van der Waals surface area contributed by atoms with E-state index in [-0.39, 0.29) is 30.3 Å². The summed E-state index contributed by atoms with van der Waals surface area (Å²) in [5.74, 6) is -0.258. The van der Waals surface area contributed by atoms with Gasteiger partial charge < -0.3 is 18.9 Å². The summed E-state index contributed by atoms with van der Waals surface area (Å²) in [4.78, 5) is 42.6. The SMILES string of the molecule is C[C@@H]1CN(C(=O)OC(C)(C)C)CCN1Cc1cn(CC(C)(C)COC(=O)C(C)(C)C)c(=O)c2ccc(Br)cc12. The zero-order valence-corrected chi connectivity index (χ0v) is 26.5. The Morgan fingerprint density at radius 2 is 1.69 bits per heavy atom. The summed E-state index contributed by atoms with van der Waals surface area (Å²) in [6.07, 6.45) is 1.66. The minimum absolute atomic E-state index is 0.0701. The van der Waals surface area contributed by atoms with Gasteiger partial charge in [-0.3, -0.25) is 14.5 Å². The van der Waals surface area contributed by atoms with Crippen LogP contribution in [0.25, 0.3) is 10.8 Å². The number of pyridine rings is 1. The topological polar surface area (TPSA) is 81.1 Å². The predicted molar refractivity (Wildman–Crippen MR) is 158 cm³/mol. The average Bonchev–Trinajstić information content (AvgIpc) is 2.79. The molecule has 0 bridgehead atoms. The number of esters is 1. The standard InChI is InChI=1S/C30H44BrN3O5/c1-20-15-33(27(37)39-29(5,6)7)13-12-32(20)16-21-17-34(25(35)23-11-10-22(31)14-24(21)23)18-30(8,9)19-38-26(36)28(2,3)4/h10-11,14,17,20H,12-13,15-16,18-19H2,1-9H3/t20-/m1/s1. The Kier molecular flexibility index (Phi) is 9.27. The third-order valence-corrected chi connectivity index (χ3v) is 7.22. The van der Waals surface area contributed by atoms with Crippen molar-refractivity contribution >= 4 is 38.8 Å². The fourth-order valence-electron chi connectivity index (χ4n) is 4.61. The van der Waals surface area contributed by atoms with Gasteiger partial charge in [0, 0.05) is 60.2 Å². The molecule has 1 atom stereocenters. The molecular formula is C30H44BrN3O5. The van der Waals surface area contributed by atoms with Gasteiger partial charge in [-0.05, 0) is 77.6 Å². The van der Waals surface area contributed by atoms with Gasteiger partial charge in [0.2, 0.25) is 0 Å². The largest absolute Gasteiger partial charge is 0.465 e. The molecule has 0 unspecified atom stereocenters. The number of fused-ring (bicyclic) bond motifs is 1. The minimum Gasteiger partial charge on any atom is -0.465 e. The Bertz CT molecular complexity index is 1270. The molecule has 1 saturated heterocycles. The van der Waals surface area contributed by atoms with Gasteiger partial charge in [0.1, 0.15) is 5.60 Å². The van der Waals surface area contributed by atoms with E-state index in [1.807, 2.05) is 79.8 Å². The highest BCUT2D eigenvalue weighted by atomic mass is 79.9. The number of aromatic nitrogens is 1. The van der Waals surface area contributed by atoms with Gasteiger partial charge >= 0.3 is 12.1 Å². The second-order valence-corrected chi connectivity index (χ2v) is 14.4. The maximum absolute atomic E-state index is 13.5.